The molecule has 0 unspecified atom stereocenters. The average molecular weight is 909 g/mol. The summed E-state index contributed by atoms with van der Waals surface area (Å²) >= 11 is 6.15. The predicted molar refractivity (Wildman–Crippen MR) is 239 cm³/mol. The minimum Gasteiger partial charge on any atom is -0.445 e. The van der Waals surface area contributed by atoms with E-state index in [-0.39, 0.29) is 30.5 Å². The lowest BCUT2D eigenvalue weighted by molar-refractivity contribution is -0.136. The van der Waals surface area contributed by atoms with Gasteiger partial charge >= 0.3 is 6.09 Å². The highest BCUT2D eigenvalue weighted by Gasteiger charge is 2.50. The van der Waals surface area contributed by atoms with Crippen LogP contribution in [0.5, 0.6) is 0 Å². The van der Waals surface area contributed by atoms with Gasteiger partial charge in [-0.1, -0.05) is 54.1 Å². The first-order valence-corrected chi connectivity index (χ1v) is 21.5. The molecule has 2 atom stereocenters. The number of amides is 4. The zero-order valence-corrected chi connectivity index (χ0v) is 35.9. The average Bonchev–Trinajstić information content (AvgIpc) is 3.94. The fourth-order valence-corrected chi connectivity index (χ4v) is 8.53. The molecule has 2 saturated heterocycles. The Balaban J connectivity index is 0.872. The van der Waals surface area contributed by atoms with E-state index in [1.54, 1.807) is 60.7 Å². The number of aliphatic hydroxyl groups is 1. The lowest BCUT2D eigenvalue weighted by atomic mass is 9.86. The van der Waals surface area contributed by atoms with Crippen LogP contribution >= 0.6 is 11.6 Å². The molecule has 4 amide bonds. The highest BCUT2D eigenvalue weighted by molar-refractivity contribution is 6.30. The number of nitrogens with one attached hydrogen (secondary N) is 5. The maximum Gasteiger partial charge on any atom is 0.407 e. The quantitative estimate of drug-likeness (QED) is 0.0733. The number of aliphatic hydroxyl groups excluding tert-OH is 1. The van der Waals surface area contributed by atoms with E-state index >= 15 is 0 Å². The first-order valence-electron chi connectivity index (χ1n) is 21.2. The van der Waals surface area contributed by atoms with Crippen molar-refractivity contribution in [3.63, 3.8) is 0 Å². The maximum absolute atomic E-state index is 14.7. The number of alkyl halides is 2. The number of aromatic amines is 1. The van der Waals surface area contributed by atoms with Crippen molar-refractivity contribution >= 4 is 68.9 Å². The van der Waals surface area contributed by atoms with Crippen LogP contribution in [-0.4, -0.2) is 111 Å². The lowest BCUT2D eigenvalue weighted by Gasteiger charge is -2.43. The van der Waals surface area contributed by atoms with Gasteiger partial charge in [0.25, 0.3) is 11.8 Å². The van der Waals surface area contributed by atoms with Gasteiger partial charge in [-0.05, 0) is 72.9 Å². The van der Waals surface area contributed by atoms with Gasteiger partial charge in [-0.3, -0.25) is 19.4 Å². The molecule has 0 radical (unpaired) electrons. The van der Waals surface area contributed by atoms with Crippen molar-refractivity contribution in [1.29, 1.82) is 0 Å². The van der Waals surface area contributed by atoms with Crippen LogP contribution in [0.25, 0.3) is 21.9 Å². The predicted octanol–water partition coefficient (Wildman–Crippen LogP) is 5.74. The van der Waals surface area contributed by atoms with E-state index in [1.165, 1.54) is 18.6 Å². The van der Waals surface area contributed by atoms with E-state index in [0.717, 1.165) is 27.3 Å². The number of ether oxygens (including phenoxy) is 1. The molecule has 0 spiro atoms. The second kappa shape index (κ2) is 19.5. The summed E-state index contributed by atoms with van der Waals surface area (Å²) in [7, 11) is 0. The van der Waals surface area contributed by atoms with Gasteiger partial charge in [0.15, 0.2) is 0 Å². The molecule has 338 valence electrons. The summed E-state index contributed by atoms with van der Waals surface area (Å²) in [5.74, 6) is -4.76. The molecule has 0 bridgehead atoms. The van der Waals surface area contributed by atoms with E-state index in [0.29, 0.717) is 60.4 Å². The van der Waals surface area contributed by atoms with Crippen LogP contribution in [0.1, 0.15) is 53.2 Å². The molecule has 16 nitrogen and oxygen atoms in total. The first kappa shape index (κ1) is 44.8. The van der Waals surface area contributed by atoms with Crippen LogP contribution < -0.4 is 26.2 Å². The van der Waals surface area contributed by atoms with Crippen LogP contribution in [-0.2, 0) is 20.9 Å². The molecular formula is C46H47ClF2N10O6. The Kier molecular flexibility index (Phi) is 13.5. The van der Waals surface area contributed by atoms with Gasteiger partial charge in [0.05, 0.1) is 35.1 Å². The van der Waals surface area contributed by atoms with Crippen molar-refractivity contribution in [3.05, 3.63) is 125 Å². The molecule has 6 aromatic rings. The van der Waals surface area contributed by atoms with E-state index in [4.69, 9.17) is 16.3 Å². The molecule has 2 aliphatic heterocycles. The van der Waals surface area contributed by atoms with E-state index < -0.39 is 60.8 Å². The third-order valence-corrected chi connectivity index (χ3v) is 12.1. The van der Waals surface area contributed by atoms with Gasteiger partial charge in [-0.25, -0.2) is 23.5 Å². The summed E-state index contributed by atoms with van der Waals surface area (Å²) in [5.41, 5.74) is 2.65. The summed E-state index contributed by atoms with van der Waals surface area (Å²) < 4.78 is 35.1. The first-order chi connectivity index (χ1) is 31.4. The number of benzene rings is 3. The Morgan fingerprint density at radius 1 is 0.938 bits per heavy atom. The van der Waals surface area contributed by atoms with Gasteiger partial charge in [0, 0.05) is 67.2 Å². The van der Waals surface area contributed by atoms with Crippen LogP contribution in [0.15, 0.2) is 104 Å². The molecule has 2 fully saturated rings. The van der Waals surface area contributed by atoms with Gasteiger partial charge in [-0.2, -0.15) is 0 Å². The van der Waals surface area contributed by atoms with Gasteiger partial charge in [0.2, 0.25) is 11.8 Å². The van der Waals surface area contributed by atoms with Crippen LogP contribution in [0, 0.1) is 0 Å². The van der Waals surface area contributed by atoms with E-state index in [2.05, 4.69) is 46.1 Å². The van der Waals surface area contributed by atoms with Crippen LogP contribution in [0.4, 0.5) is 25.1 Å². The normalized spacial score (nSPS) is 17.1. The number of alkyl carbamates (subject to hydrolysis) is 1. The molecule has 2 aliphatic rings. The molecule has 3 aromatic carbocycles. The molecule has 19 heteroatoms. The summed E-state index contributed by atoms with van der Waals surface area (Å²) in [6, 6.07) is 22.4. The number of H-pyrrole nitrogens is 1. The van der Waals surface area contributed by atoms with Crippen molar-refractivity contribution in [2.75, 3.05) is 49.5 Å². The number of aromatic nitrogens is 4. The second-order valence-corrected chi connectivity index (χ2v) is 16.7. The Bertz CT molecular complexity index is 2660. The number of likely N-dealkylation sites (tertiary alicyclic amines) is 1. The topological polar surface area (TPSA) is 207 Å². The van der Waals surface area contributed by atoms with Gasteiger partial charge in [-0.15, -0.1) is 0 Å². The molecule has 0 aliphatic carbocycles. The number of rotatable bonds is 15. The smallest absolute Gasteiger partial charge is 0.407 e. The summed E-state index contributed by atoms with van der Waals surface area (Å²) in [5, 5.41) is 23.8. The number of nitrogens with zero attached hydrogens (tertiary/aromatic N) is 5. The Morgan fingerprint density at radius 2 is 1.71 bits per heavy atom. The monoisotopic (exact) mass is 908 g/mol. The molecule has 6 N–H and O–H groups in total. The zero-order valence-electron chi connectivity index (χ0n) is 35.1. The number of carbonyl (C=O) groups excluding carboxylic acids is 4. The molecule has 3 aromatic heterocycles. The minimum atomic E-state index is -3.32. The lowest BCUT2D eigenvalue weighted by Crippen LogP contribution is -2.60. The van der Waals surface area contributed by atoms with Crippen molar-refractivity contribution in [2.24, 2.45) is 0 Å². The number of anilines is 2. The Morgan fingerprint density at radius 3 is 2.48 bits per heavy atom. The standard InChI is InChI=1S/C46H47ClF2N10O6/c47-31-9-7-30(8-10-31)36(15-22-60)53-26-45(16-20-58(21-17-45)41-35-14-19-51-40(35)54-28-55-41)57-44(64)65-25-29-5-11-32(12-6-29)56-43(63)38-23-46(48,49)27-59(38)39(61)24-52-42(62)34-13-18-50-37-4-2-1-3-33(34)37/h1-14,18-19,28,36,38,53,60H,15-17,20-27H2,(H,52,62)(H,56,63)(H,57,64)(H,51,54,55)/t36-,38-/m0/s1. The minimum absolute atomic E-state index is 0.0544. The second-order valence-electron chi connectivity index (χ2n) is 16.2. The zero-order chi connectivity index (χ0) is 45.6. The van der Waals surface area contributed by atoms with Crippen molar-refractivity contribution < 1.29 is 37.8 Å². The van der Waals surface area contributed by atoms with E-state index in [1.807, 2.05) is 24.4 Å². The van der Waals surface area contributed by atoms with Crippen LogP contribution in [0.2, 0.25) is 5.02 Å². The van der Waals surface area contributed by atoms with Gasteiger partial charge < -0.3 is 45.9 Å². The fourth-order valence-electron chi connectivity index (χ4n) is 8.40. The van der Waals surface area contributed by atoms with E-state index in [9.17, 15) is 33.1 Å². The fraction of sp³-hybridized carbons (Fsp3) is 0.326. The number of para-hydroxylation sites is 1. The number of pyridine rings is 1. The molecule has 65 heavy (non-hydrogen) atoms. The third-order valence-electron chi connectivity index (χ3n) is 11.9. The SMILES string of the molecule is O=C(NC1(CN[C@@H](CCO)c2ccc(Cl)cc2)CCN(c2ncnc3[nH]ccc23)CC1)OCc1ccc(NC(=O)[C@@H]2CC(F)(F)CN2C(=O)CNC(=O)c2ccnc3ccccc23)cc1. The number of piperidine rings is 1. The Hall–Kier alpha value is -6.76. The number of halogens is 3. The molecule has 0 saturated carbocycles. The van der Waals surface area contributed by atoms with Crippen LogP contribution in [0.3, 0.4) is 0 Å². The number of hydrogen-bond donors (Lipinski definition) is 6. The number of carbonyl (C=O) groups is 4. The highest BCUT2D eigenvalue weighted by atomic mass is 35.5. The van der Waals surface area contributed by atoms with Crippen molar-refractivity contribution in [1.82, 2.24) is 40.8 Å². The largest absolute Gasteiger partial charge is 0.445 e. The molecular weight excluding hydrogens is 862 g/mol. The van der Waals surface area contributed by atoms with Crippen molar-refractivity contribution in [3.8, 4) is 0 Å². The summed E-state index contributed by atoms with van der Waals surface area (Å²) in [6.45, 7) is -0.224. The van der Waals surface area contributed by atoms with Gasteiger partial charge in [0.1, 0.15) is 30.4 Å². The number of fused-ring (bicyclic) bond motifs is 2. The third kappa shape index (κ3) is 10.6. The molecule has 5 heterocycles. The molecule has 8 rings (SSSR count). The van der Waals surface area contributed by atoms with Crippen molar-refractivity contribution in [2.45, 2.75) is 55.8 Å². The highest BCUT2D eigenvalue weighted by Crippen LogP contribution is 2.34. The maximum atomic E-state index is 14.7. The summed E-state index contributed by atoms with van der Waals surface area (Å²) in [6.07, 6.45) is 4.78. The Labute approximate surface area is 377 Å². The number of hydrogen-bond acceptors (Lipinski definition) is 11. The summed E-state index contributed by atoms with van der Waals surface area (Å²) in [4.78, 5) is 72.2.